The Morgan fingerprint density at radius 1 is 1.21 bits per heavy atom. The van der Waals surface area contributed by atoms with Crippen molar-refractivity contribution < 1.29 is 0 Å². The first-order valence-corrected chi connectivity index (χ1v) is 6.10. The molecule has 2 aliphatic rings. The molecule has 0 aliphatic heterocycles. The van der Waals surface area contributed by atoms with Crippen LogP contribution in [0.1, 0.15) is 45.4 Å². The molecule has 2 heteroatoms. The molecule has 80 valence electrons. The second-order valence-electron chi connectivity index (χ2n) is 5.30. The van der Waals surface area contributed by atoms with Crippen LogP contribution in [-0.4, -0.2) is 6.54 Å². The van der Waals surface area contributed by atoms with Crippen molar-refractivity contribution in [3.8, 4) is 0 Å². The fourth-order valence-corrected chi connectivity index (χ4v) is 3.39. The third-order valence-electron chi connectivity index (χ3n) is 4.50. The third kappa shape index (κ3) is 1.99. The van der Waals surface area contributed by atoms with E-state index in [4.69, 9.17) is 0 Å². The standard InChI is InChI=1S/C12H21NO/c1-9-2-5-12(9)11-4-3-10(8-11)6-7-13-14/h9-12H,2-8H2,1H3. The normalized spacial score (nSPS) is 42.1. The molecule has 14 heavy (non-hydrogen) atoms. The van der Waals surface area contributed by atoms with Gasteiger partial charge in [-0.25, -0.2) is 0 Å². The number of nitrogens with zero attached hydrogens (tertiary/aromatic N) is 1. The smallest absolute Gasteiger partial charge is 0.0813 e. The predicted molar refractivity (Wildman–Crippen MR) is 58.0 cm³/mol. The van der Waals surface area contributed by atoms with Gasteiger partial charge in [-0.05, 0) is 49.4 Å². The lowest BCUT2D eigenvalue weighted by molar-refractivity contribution is 0.119. The Hall–Kier alpha value is -0.400. The van der Waals surface area contributed by atoms with Gasteiger partial charge < -0.3 is 0 Å². The Bertz CT molecular complexity index is 204. The van der Waals surface area contributed by atoms with Gasteiger partial charge in [0.05, 0.1) is 6.54 Å². The minimum atomic E-state index is 0.539. The van der Waals surface area contributed by atoms with E-state index < -0.39 is 0 Å². The highest BCUT2D eigenvalue weighted by molar-refractivity contribution is 4.88. The van der Waals surface area contributed by atoms with Crippen LogP contribution >= 0.6 is 0 Å². The maximum absolute atomic E-state index is 10.0. The van der Waals surface area contributed by atoms with Crippen LogP contribution in [-0.2, 0) is 0 Å². The van der Waals surface area contributed by atoms with Crippen LogP contribution in [0.15, 0.2) is 5.18 Å². The summed E-state index contributed by atoms with van der Waals surface area (Å²) in [4.78, 5) is 10.0. The molecule has 0 bridgehead atoms. The number of hydrogen-bond donors (Lipinski definition) is 0. The zero-order chi connectivity index (χ0) is 9.97. The van der Waals surface area contributed by atoms with Gasteiger partial charge in [-0.15, -0.1) is 0 Å². The van der Waals surface area contributed by atoms with Gasteiger partial charge in [0.2, 0.25) is 0 Å². The van der Waals surface area contributed by atoms with Gasteiger partial charge >= 0.3 is 0 Å². The summed E-state index contributed by atoms with van der Waals surface area (Å²) >= 11 is 0. The molecule has 2 rings (SSSR count). The summed E-state index contributed by atoms with van der Waals surface area (Å²) in [6, 6.07) is 0. The summed E-state index contributed by atoms with van der Waals surface area (Å²) < 4.78 is 0. The van der Waals surface area contributed by atoms with Crippen LogP contribution < -0.4 is 0 Å². The lowest BCUT2D eigenvalue weighted by Gasteiger charge is -2.38. The fraction of sp³-hybridized carbons (Fsp3) is 1.00. The van der Waals surface area contributed by atoms with E-state index in [0.29, 0.717) is 6.54 Å². The van der Waals surface area contributed by atoms with E-state index in [9.17, 15) is 4.91 Å². The van der Waals surface area contributed by atoms with Gasteiger partial charge in [0.25, 0.3) is 0 Å². The molecule has 0 spiro atoms. The van der Waals surface area contributed by atoms with Gasteiger partial charge in [0.1, 0.15) is 0 Å². The highest BCUT2D eigenvalue weighted by Gasteiger charge is 2.37. The Morgan fingerprint density at radius 3 is 2.64 bits per heavy atom. The van der Waals surface area contributed by atoms with E-state index in [2.05, 4.69) is 12.1 Å². The summed E-state index contributed by atoms with van der Waals surface area (Å²) in [5, 5.41) is 2.97. The van der Waals surface area contributed by atoms with E-state index in [1.54, 1.807) is 0 Å². The molecule has 4 atom stereocenters. The molecule has 0 amide bonds. The first kappa shape index (κ1) is 10.1. The van der Waals surface area contributed by atoms with Crippen LogP contribution in [0, 0.1) is 28.6 Å². The molecule has 0 N–H and O–H groups in total. The Labute approximate surface area is 86.4 Å². The topological polar surface area (TPSA) is 29.4 Å². The zero-order valence-electron chi connectivity index (χ0n) is 9.11. The van der Waals surface area contributed by atoms with Gasteiger partial charge in [-0.3, -0.25) is 0 Å². The van der Waals surface area contributed by atoms with Crippen molar-refractivity contribution in [1.82, 2.24) is 0 Å². The molecular formula is C12H21NO. The third-order valence-corrected chi connectivity index (χ3v) is 4.50. The van der Waals surface area contributed by atoms with Crippen molar-refractivity contribution >= 4 is 0 Å². The van der Waals surface area contributed by atoms with Crippen molar-refractivity contribution in [1.29, 1.82) is 0 Å². The van der Waals surface area contributed by atoms with Crippen molar-refractivity contribution in [2.45, 2.75) is 45.4 Å². The van der Waals surface area contributed by atoms with E-state index in [0.717, 1.165) is 30.1 Å². The lowest BCUT2D eigenvalue weighted by Crippen LogP contribution is -2.29. The number of hydrogen-bond acceptors (Lipinski definition) is 2. The molecule has 0 aromatic rings. The van der Waals surface area contributed by atoms with Gasteiger partial charge in [-0.1, -0.05) is 24.9 Å². The second-order valence-corrected chi connectivity index (χ2v) is 5.30. The Balaban J connectivity index is 1.74. The van der Waals surface area contributed by atoms with Crippen molar-refractivity contribution in [3.63, 3.8) is 0 Å². The highest BCUT2D eigenvalue weighted by atomic mass is 16.3. The SMILES string of the molecule is CC1CCC1C1CCC(CCN=O)C1. The average molecular weight is 195 g/mol. The summed E-state index contributed by atoms with van der Waals surface area (Å²) in [5.74, 6) is 3.79. The molecule has 2 fully saturated rings. The van der Waals surface area contributed by atoms with Crippen molar-refractivity contribution in [2.24, 2.45) is 28.8 Å². The fourth-order valence-electron chi connectivity index (χ4n) is 3.39. The first-order chi connectivity index (χ1) is 6.81. The lowest BCUT2D eigenvalue weighted by atomic mass is 9.67. The molecule has 0 aromatic carbocycles. The van der Waals surface area contributed by atoms with Crippen LogP contribution in [0.25, 0.3) is 0 Å². The predicted octanol–water partition coefficient (Wildman–Crippen LogP) is 3.61. The highest BCUT2D eigenvalue weighted by Crippen LogP contribution is 2.47. The van der Waals surface area contributed by atoms with Crippen molar-refractivity contribution in [3.05, 3.63) is 4.91 Å². The van der Waals surface area contributed by atoms with Crippen LogP contribution in [0.4, 0.5) is 0 Å². The van der Waals surface area contributed by atoms with E-state index in [1.165, 1.54) is 32.1 Å². The van der Waals surface area contributed by atoms with Crippen LogP contribution in [0.5, 0.6) is 0 Å². The summed E-state index contributed by atoms with van der Waals surface area (Å²) in [6.07, 6.45) is 8.10. The molecule has 0 aromatic heterocycles. The second kappa shape index (κ2) is 4.41. The average Bonchev–Trinajstić information content (AvgIpc) is 2.61. The zero-order valence-corrected chi connectivity index (χ0v) is 9.11. The van der Waals surface area contributed by atoms with Gasteiger partial charge in [0.15, 0.2) is 0 Å². The molecule has 0 radical (unpaired) electrons. The van der Waals surface area contributed by atoms with E-state index >= 15 is 0 Å². The minimum absolute atomic E-state index is 0.539. The Kier molecular flexibility index (Phi) is 3.19. The Morgan fingerprint density at radius 2 is 2.07 bits per heavy atom. The van der Waals surface area contributed by atoms with E-state index in [1.807, 2.05) is 0 Å². The molecular weight excluding hydrogens is 174 g/mol. The molecule has 0 saturated heterocycles. The van der Waals surface area contributed by atoms with E-state index in [-0.39, 0.29) is 0 Å². The molecule has 2 saturated carbocycles. The monoisotopic (exact) mass is 195 g/mol. The quantitative estimate of drug-likeness (QED) is 0.630. The number of nitroso groups, excluding NO2 is 1. The minimum Gasteiger partial charge on any atom is -0.151 e. The molecule has 0 heterocycles. The van der Waals surface area contributed by atoms with Crippen molar-refractivity contribution in [2.75, 3.05) is 6.54 Å². The molecule has 4 unspecified atom stereocenters. The maximum atomic E-state index is 10.0. The maximum Gasteiger partial charge on any atom is 0.0813 e. The largest absolute Gasteiger partial charge is 0.151 e. The van der Waals surface area contributed by atoms with Crippen LogP contribution in [0.3, 0.4) is 0 Å². The summed E-state index contributed by atoms with van der Waals surface area (Å²) in [6.45, 7) is 2.94. The summed E-state index contributed by atoms with van der Waals surface area (Å²) in [5.41, 5.74) is 0. The molecule has 2 aliphatic carbocycles. The molecule has 2 nitrogen and oxygen atoms in total. The number of rotatable bonds is 4. The summed E-state index contributed by atoms with van der Waals surface area (Å²) in [7, 11) is 0. The van der Waals surface area contributed by atoms with Crippen LogP contribution in [0.2, 0.25) is 0 Å². The van der Waals surface area contributed by atoms with Gasteiger partial charge in [0, 0.05) is 0 Å². The first-order valence-electron chi connectivity index (χ1n) is 6.10. The van der Waals surface area contributed by atoms with Gasteiger partial charge in [-0.2, -0.15) is 4.91 Å².